The van der Waals surface area contributed by atoms with Gasteiger partial charge < -0.3 is 10.1 Å². The molecule has 1 aromatic rings. The zero-order valence-corrected chi connectivity index (χ0v) is 11.0. The summed E-state index contributed by atoms with van der Waals surface area (Å²) in [5, 5.41) is 3.54. The van der Waals surface area contributed by atoms with Crippen LogP contribution in [0.15, 0.2) is 18.2 Å². The molecule has 0 heterocycles. The van der Waals surface area contributed by atoms with Crippen molar-refractivity contribution in [3.63, 3.8) is 0 Å². The smallest absolute Gasteiger partial charge is 0.122 e. The minimum atomic E-state index is 0.532. The maximum atomic E-state index is 5.89. The van der Waals surface area contributed by atoms with Crippen LogP contribution in [0.5, 0.6) is 5.75 Å². The Labute approximate surface area is 104 Å². The minimum Gasteiger partial charge on any atom is -0.493 e. The van der Waals surface area contributed by atoms with Crippen LogP contribution in [0.1, 0.15) is 50.3 Å². The van der Waals surface area contributed by atoms with Gasteiger partial charge in [0.25, 0.3) is 0 Å². The highest BCUT2D eigenvalue weighted by atomic mass is 16.5. The highest BCUT2D eigenvalue weighted by Gasteiger charge is 2.24. The Kier molecular flexibility index (Phi) is 4.43. The Balaban J connectivity index is 2.09. The first-order valence-electron chi connectivity index (χ1n) is 6.84. The molecule has 0 spiro atoms. The van der Waals surface area contributed by atoms with Gasteiger partial charge in [0, 0.05) is 6.04 Å². The topological polar surface area (TPSA) is 21.3 Å². The highest BCUT2D eigenvalue weighted by molar-refractivity contribution is 5.45. The molecule has 2 nitrogen and oxygen atoms in total. The molecule has 2 rings (SSSR count). The van der Waals surface area contributed by atoms with E-state index in [-0.39, 0.29) is 0 Å². The van der Waals surface area contributed by atoms with Gasteiger partial charge in [-0.3, -0.25) is 0 Å². The summed E-state index contributed by atoms with van der Waals surface area (Å²) in [7, 11) is 0. The van der Waals surface area contributed by atoms with Gasteiger partial charge in [-0.15, -0.1) is 0 Å². The fraction of sp³-hybridized carbons (Fsp3) is 0.600. The summed E-state index contributed by atoms with van der Waals surface area (Å²) in [5.41, 5.74) is 2.87. The maximum Gasteiger partial charge on any atom is 0.122 e. The molecular formula is C15H23NO. The van der Waals surface area contributed by atoms with Crippen LogP contribution in [0.2, 0.25) is 0 Å². The lowest BCUT2D eigenvalue weighted by molar-refractivity contribution is 0.306. The molecule has 1 aliphatic carbocycles. The monoisotopic (exact) mass is 233 g/mol. The fourth-order valence-electron chi connectivity index (χ4n) is 2.54. The fourth-order valence-corrected chi connectivity index (χ4v) is 2.54. The molecule has 1 N–H and O–H groups in total. The van der Waals surface area contributed by atoms with E-state index in [9.17, 15) is 0 Å². The molecule has 1 aliphatic rings. The van der Waals surface area contributed by atoms with Crippen LogP contribution in [0, 0.1) is 0 Å². The van der Waals surface area contributed by atoms with E-state index < -0.39 is 0 Å². The number of nitrogens with one attached hydrogen (secondary N) is 1. The van der Waals surface area contributed by atoms with Crippen LogP contribution in [0.3, 0.4) is 0 Å². The average Bonchev–Trinajstić information content (AvgIpc) is 2.75. The number of hydrogen-bond donors (Lipinski definition) is 1. The van der Waals surface area contributed by atoms with Gasteiger partial charge in [0.05, 0.1) is 6.61 Å². The molecule has 0 saturated carbocycles. The summed E-state index contributed by atoms with van der Waals surface area (Å²) in [4.78, 5) is 0. The minimum absolute atomic E-state index is 0.532. The van der Waals surface area contributed by atoms with Gasteiger partial charge in [-0.2, -0.15) is 0 Å². The number of benzene rings is 1. The molecule has 1 unspecified atom stereocenters. The Morgan fingerprint density at radius 3 is 3.00 bits per heavy atom. The molecule has 0 fully saturated rings. The lowest BCUT2D eigenvalue weighted by Crippen LogP contribution is -2.18. The van der Waals surface area contributed by atoms with Crippen molar-refractivity contribution in [2.75, 3.05) is 13.2 Å². The summed E-state index contributed by atoms with van der Waals surface area (Å²) in [6.07, 6.45) is 4.68. The second kappa shape index (κ2) is 6.06. The Morgan fingerprint density at radius 2 is 2.24 bits per heavy atom. The van der Waals surface area contributed by atoms with Crippen LogP contribution in [0.25, 0.3) is 0 Å². The van der Waals surface area contributed by atoms with Gasteiger partial charge in [0.15, 0.2) is 0 Å². The van der Waals surface area contributed by atoms with Crippen LogP contribution in [-0.2, 0) is 6.42 Å². The normalized spacial score (nSPS) is 18.1. The van der Waals surface area contributed by atoms with Gasteiger partial charge in [0.2, 0.25) is 0 Å². The first-order valence-corrected chi connectivity index (χ1v) is 6.84. The van der Waals surface area contributed by atoms with Crippen LogP contribution in [0.4, 0.5) is 0 Å². The van der Waals surface area contributed by atoms with E-state index in [0.717, 1.165) is 31.7 Å². The van der Waals surface area contributed by atoms with Crippen molar-refractivity contribution in [1.29, 1.82) is 0 Å². The molecule has 0 aliphatic heterocycles. The first kappa shape index (κ1) is 12.4. The SMILES string of the molecule is CCCCOc1cccc2c1CCC2NCC. The number of ether oxygens (including phenoxy) is 1. The van der Waals surface area contributed by atoms with Crippen LogP contribution >= 0.6 is 0 Å². The summed E-state index contributed by atoms with van der Waals surface area (Å²) < 4.78 is 5.89. The second-order valence-electron chi connectivity index (χ2n) is 4.67. The molecule has 17 heavy (non-hydrogen) atoms. The average molecular weight is 233 g/mol. The summed E-state index contributed by atoms with van der Waals surface area (Å²) >= 11 is 0. The second-order valence-corrected chi connectivity index (χ2v) is 4.67. The van der Waals surface area contributed by atoms with E-state index >= 15 is 0 Å². The summed E-state index contributed by atoms with van der Waals surface area (Å²) in [6.45, 7) is 6.24. The molecule has 1 aromatic carbocycles. The molecule has 1 atom stereocenters. The van der Waals surface area contributed by atoms with Crippen molar-refractivity contribution in [3.8, 4) is 5.75 Å². The van der Waals surface area contributed by atoms with Gasteiger partial charge >= 0.3 is 0 Å². The largest absolute Gasteiger partial charge is 0.493 e. The predicted molar refractivity (Wildman–Crippen MR) is 71.6 cm³/mol. The predicted octanol–water partition coefficient (Wildman–Crippen LogP) is 3.46. The zero-order chi connectivity index (χ0) is 12.1. The quantitative estimate of drug-likeness (QED) is 0.760. The number of hydrogen-bond acceptors (Lipinski definition) is 2. The molecule has 0 amide bonds. The molecule has 0 saturated heterocycles. The number of unbranched alkanes of at least 4 members (excludes halogenated alkanes) is 1. The van der Waals surface area contributed by atoms with Crippen molar-refractivity contribution in [1.82, 2.24) is 5.32 Å². The molecule has 0 bridgehead atoms. The van der Waals surface area contributed by atoms with Gasteiger partial charge in [-0.05, 0) is 43.0 Å². The maximum absolute atomic E-state index is 5.89. The van der Waals surface area contributed by atoms with E-state index in [1.54, 1.807) is 0 Å². The van der Waals surface area contributed by atoms with Crippen molar-refractivity contribution in [3.05, 3.63) is 29.3 Å². The third-order valence-electron chi connectivity index (χ3n) is 3.43. The molecule has 2 heteroatoms. The highest BCUT2D eigenvalue weighted by Crippen LogP contribution is 2.36. The van der Waals surface area contributed by atoms with Crippen LogP contribution < -0.4 is 10.1 Å². The third-order valence-corrected chi connectivity index (χ3v) is 3.43. The van der Waals surface area contributed by atoms with Crippen LogP contribution in [-0.4, -0.2) is 13.2 Å². The molecule has 0 radical (unpaired) electrons. The number of fused-ring (bicyclic) bond motifs is 1. The van der Waals surface area contributed by atoms with E-state index in [1.807, 2.05) is 0 Å². The van der Waals surface area contributed by atoms with Gasteiger partial charge in [-0.25, -0.2) is 0 Å². The van der Waals surface area contributed by atoms with Crippen molar-refractivity contribution < 1.29 is 4.74 Å². The van der Waals surface area contributed by atoms with E-state index in [4.69, 9.17) is 4.74 Å². The first-order chi connectivity index (χ1) is 8.36. The van der Waals surface area contributed by atoms with Gasteiger partial charge in [0.1, 0.15) is 5.75 Å². The molecular weight excluding hydrogens is 210 g/mol. The summed E-state index contributed by atoms with van der Waals surface area (Å²) in [5.74, 6) is 1.11. The zero-order valence-electron chi connectivity index (χ0n) is 11.0. The lowest BCUT2D eigenvalue weighted by Gasteiger charge is -2.14. The third kappa shape index (κ3) is 2.81. The van der Waals surface area contributed by atoms with Crippen molar-refractivity contribution in [2.24, 2.45) is 0 Å². The Hall–Kier alpha value is -1.02. The van der Waals surface area contributed by atoms with Gasteiger partial charge in [-0.1, -0.05) is 32.4 Å². The van der Waals surface area contributed by atoms with E-state index in [2.05, 4.69) is 37.4 Å². The van der Waals surface area contributed by atoms with Crippen molar-refractivity contribution >= 4 is 0 Å². The summed E-state index contributed by atoms with van der Waals surface area (Å²) in [6, 6.07) is 7.01. The standard InChI is InChI=1S/C15H23NO/c1-3-5-11-17-15-8-6-7-12-13(15)9-10-14(12)16-4-2/h6-8,14,16H,3-5,9-11H2,1-2H3. The molecule has 94 valence electrons. The number of rotatable bonds is 6. The lowest BCUT2D eigenvalue weighted by atomic mass is 10.1. The van der Waals surface area contributed by atoms with E-state index in [0.29, 0.717) is 6.04 Å². The van der Waals surface area contributed by atoms with Crippen molar-refractivity contribution in [2.45, 2.75) is 45.6 Å². The molecule has 0 aromatic heterocycles. The Bertz CT molecular complexity index is 362. The van der Waals surface area contributed by atoms with E-state index in [1.165, 1.54) is 24.0 Å². The Morgan fingerprint density at radius 1 is 1.35 bits per heavy atom.